The number of hydrogen-bond acceptors (Lipinski definition) is 9. The molecule has 1 fully saturated rings. The average Bonchev–Trinajstić information content (AvgIpc) is 3.37. The number of nitrogens with zero attached hydrogens (tertiary/aromatic N) is 4. The number of rotatable bonds is 9. The molecule has 4 rings (SSSR count). The van der Waals surface area contributed by atoms with Crippen LogP contribution in [-0.2, 0) is 27.5 Å². The molecule has 2 aromatic heterocycles. The lowest BCUT2D eigenvalue weighted by Crippen LogP contribution is -2.31. The van der Waals surface area contributed by atoms with Crippen LogP contribution < -0.4 is 5.14 Å². The summed E-state index contributed by atoms with van der Waals surface area (Å²) in [6.45, 7) is 0.164. The summed E-state index contributed by atoms with van der Waals surface area (Å²) in [5, 5.41) is 30.1. The molecule has 1 saturated carbocycles. The Morgan fingerprint density at radius 1 is 1.23 bits per heavy atom. The Balaban J connectivity index is 1.47. The molecule has 0 saturated heterocycles. The van der Waals surface area contributed by atoms with E-state index < -0.39 is 34.3 Å². The second kappa shape index (κ2) is 10.8. The molecule has 4 N–H and O–H groups in total. The van der Waals surface area contributed by atoms with Crippen LogP contribution in [0.1, 0.15) is 33.7 Å². The Morgan fingerprint density at radius 2 is 2.00 bits per heavy atom. The smallest absolute Gasteiger partial charge is 0.333 e. The predicted molar refractivity (Wildman–Crippen MR) is 132 cm³/mol. The molecule has 186 valence electrons. The van der Waals surface area contributed by atoms with Crippen molar-refractivity contribution >= 4 is 38.7 Å². The Kier molecular flexibility index (Phi) is 7.92. The molecular weight excluding hydrogens is 589 g/mol. The molecule has 0 bridgehead atoms. The van der Waals surface area contributed by atoms with Crippen molar-refractivity contribution in [3.8, 4) is 0 Å². The van der Waals surface area contributed by atoms with Gasteiger partial charge in [0.25, 0.3) is 0 Å². The monoisotopic (exact) mass is 613 g/mol. The van der Waals surface area contributed by atoms with Gasteiger partial charge in [-0.1, -0.05) is 12.1 Å². The van der Waals surface area contributed by atoms with E-state index in [2.05, 4.69) is 41.8 Å². The van der Waals surface area contributed by atoms with Crippen molar-refractivity contribution in [1.29, 1.82) is 0 Å². The molecule has 1 aliphatic rings. The van der Waals surface area contributed by atoms with Crippen LogP contribution in [0.25, 0.3) is 0 Å². The zero-order chi connectivity index (χ0) is 25.2. The summed E-state index contributed by atoms with van der Waals surface area (Å²) in [7, 11) is -4.17. The molecule has 0 spiro atoms. The standard InChI is InChI=1S/C22H24IN5O6S/c23-16-3-1-2-13(6-16)10-28-5-4-18(27-28)22(31)17-9-25-12-26-19(17)8-14-7-15(21(30)20(14)29)11-34-35(24,32)33/h1-6,9,12,14-15,20-21,29-30H,7-8,10-11H2,(H2,24,32,33)/t14-,15+,20-,21+/m0/s1. The molecule has 35 heavy (non-hydrogen) atoms. The largest absolute Gasteiger partial charge is 0.390 e. The lowest BCUT2D eigenvalue weighted by atomic mass is 9.95. The molecule has 13 heteroatoms. The fourth-order valence-electron chi connectivity index (χ4n) is 4.27. The lowest BCUT2D eigenvalue weighted by molar-refractivity contribution is -0.00334. The molecule has 0 amide bonds. The topological polar surface area (TPSA) is 171 Å². The maximum Gasteiger partial charge on any atom is 0.333 e. The second-order valence-corrected chi connectivity index (χ2v) is 10.9. The molecule has 4 atom stereocenters. The average molecular weight is 613 g/mol. The molecule has 1 aliphatic carbocycles. The molecule has 2 heterocycles. The third-order valence-corrected chi connectivity index (χ3v) is 7.11. The number of carbonyl (C=O) groups is 1. The Hall–Kier alpha value is -2.30. The predicted octanol–water partition coefficient (Wildman–Crippen LogP) is 0.677. The van der Waals surface area contributed by atoms with Crippen LogP contribution in [0.3, 0.4) is 0 Å². The first kappa shape index (κ1) is 25.8. The Bertz CT molecular complexity index is 1320. The number of carbonyl (C=O) groups excluding carboxylic acids is 1. The number of benzene rings is 1. The van der Waals surface area contributed by atoms with Crippen molar-refractivity contribution in [2.45, 2.75) is 31.6 Å². The van der Waals surface area contributed by atoms with E-state index in [1.807, 2.05) is 24.3 Å². The minimum atomic E-state index is -4.17. The normalized spacial score (nSPS) is 22.4. The van der Waals surface area contributed by atoms with Gasteiger partial charge in [0.2, 0.25) is 5.78 Å². The zero-order valence-electron chi connectivity index (χ0n) is 18.4. The number of aliphatic hydroxyl groups excluding tert-OH is 2. The van der Waals surface area contributed by atoms with E-state index in [0.29, 0.717) is 12.2 Å². The molecule has 0 aliphatic heterocycles. The number of hydrogen-bond donors (Lipinski definition) is 3. The third kappa shape index (κ3) is 6.48. The van der Waals surface area contributed by atoms with Crippen molar-refractivity contribution in [1.82, 2.24) is 19.7 Å². The van der Waals surface area contributed by atoms with Gasteiger partial charge in [-0.25, -0.2) is 15.1 Å². The summed E-state index contributed by atoms with van der Waals surface area (Å²) >= 11 is 2.24. The highest BCUT2D eigenvalue weighted by molar-refractivity contribution is 14.1. The van der Waals surface area contributed by atoms with Crippen LogP contribution >= 0.6 is 22.6 Å². The van der Waals surface area contributed by atoms with Crippen molar-refractivity contribution in [3.63, 3.8) is 0 Å². The quantitative estimate of drug-likeness (QED) is 0.232. The van der Waals surface area contributed by atoms with Crippen LogP contribution in [0, 0.1) is 15.4 Å². The van der Waals surface area contributed by atoms with Gasteiger partial charge < -0.3 is 10.2 Å². The summed E-state index contributed by atoms with van der Waals surface area (Å²) in [5.41, 5.74) is 1.94. The van der Waals surface area contributed by atoms with Gasteiger partial charge in [-0.05, 0) is 65.1 Å². The van der Waals surface area contributed by atoms with Gasteiger partial charge in [-0.3, -0.25) is 13.7 Å². The van der Waals surface area contributed by atoms with Gasteiger partial charge in [0.15, 0.2) is 0 Å². The SMILES string of the molecule is NS(=O)(=O)OC[C@H]1C[C@@H](Cc2ncncc2C(=O)c2ccn(Cc3cccc(I)c3)n2)[C@H](O)[C@@H]1O. The summed E-state index contributed by atoms with van der Waals surface area (Å²) in [6.07, 6.45) is 2.54. The maximum atomic E-state index is 13.2. The molecule has 0 unspecified atom stereocenters. The van der Waals surface area contributed by atoms with E-state index in [0.717, 1.165) is 9.13 Å². The van der Waals surface area contributed by atoms with Crippen LogP contribution in [0.2, 0.25) is 0 Å². The third-order valence-electron chi connectivity index (χ3n) is 5.97. The highest BCUT2D eigenvalue weighted by atomic mass is 127. The summed E-state index contributed by atoms with van der Waals surface area (Å²) in [6, 6.07) is 9.60. The number of aromatic nitrogens is 4. The first-order valence-electron chi connectivity index (χ1n) is 10.8. The van der Waals surface area contributed by atoms with Crippen molar-refractivity contribution < 1.29 is 27.6 Å². The van der Waals surface area contributed by atoms with Gasteiger partial charge >= 0.3 is 10.3 Å². The number of ketones is 1. The first-order chi connectivity index (χ1) is 16.6. The fraction of sp³-hybridized carbons (Fsp3) is 0.364. The van der Waals surface area contributed by atoms with Crippen molar-refractivity contribution in [3.05, 3.63) is 75.1 Å². The molecular formula is C22H24IN5O6S. The lowest BCUT2D eigenvalue weighted by Gasteiger charge is -2.17. The summed E-state index contributed by atoms with van der Waals surface area (Å²) in [5.74, 6) is -1.46. The van der Waals surface area contributed by atoms with Gasteiger partial charge in [-0.15, -0.1) is 0 Å². The highest BCUT2D eigenvalue weighted by Gasteiger charge is 2.42. The van der Waals surface area contributed by atoms with Gasteiger partial charge in [0.05, 0.1) is 36.6 Å². The van der Waals surface area contributed by atoms with Crippen molar-refractivity contribution in [2.24, 2.45) is 17.0 Å². The number of aliphatic hydroxyl groups is 2. The Morgan fingerprint density at radius 3 is 2.74 bits per heavy atom. The molecule has 0 radical (unpaired) electrons. The van der Waals surface area contributed by atoms with Crippen LogP contribution in [0.5, 0.6) is 0 Å². The zero-order valence-corrected chi connectivity index (χ0v) is 21.4. The minimum absolute atomic E-state index is 0.177. The van der Waals surface area contributed by atoms with Gasteiger partial charge in [0.1, 0.15) is 12.0 Å². The van der Waals surface area contributed by atoms with E-state index in [1.54, 1.807) is 16.9 Å². The number of halogens is 1. The highest BCUT2D eigenvalue weighted by Crippen LogP contribution is 2.35. The van der Waals surface area contributed by atoms with E-state index in [1.165, 1.54) is 12.5 Å². The number of nitrogens with two attached hydrogens (primary N) is 1. The van der Waals surface area contributed by atoms with Crippen LogP contribution in [0.15, 0.2) is 49.1 Å². The van der Waals surface area contributed by atoms with Crippen LogP contribution in [0.4, 0.5) is 0 Å². The van der Waals surface area contributed by atoms with Crippen molar-refractivity contribution in [2.75, 3.05) is 6.61 Å². The van der Waals surface area contributed by atoms with E-state index >= 15 is 0 Å². The van der Waals surface area contributed by atoms with Crippen LogP contribution in [-0.4, -0.2) is 63.0 Å². The molecule has 1 aromatic carbocycles. The fourth-order valence-corrected chi connectivity index (χ4v) is 5.24. The van der Waals surface area contributed by atoms with E-state index in [4.69, 9.17) is 5.14 Å². The Labute approximate surface area is 215 Å². The minimum Gasteiger partial charge on any atom is -0.390 e. The van der Waals surface area contributed by atoms with E-state index in [-0.39, 0.29) is 36.5 Å². The maximum absolute atomic E-state index is 13.2. The molecule has 3 aromatic rings. The van der Waals surface area contributed by atoms with Gasteiger partial charge in [-0.2, -0.15) is 13.5 Å². The summed E-state index contributed by atoms with van der Waals surface area (Å²) in [4.78, 5) is 21.4. The second-order valence-electron chi connectivity index (χ2n) is 8.46. The van der Waals surface area contributed by atoms with E-state index in [9.17, 15) is 23.4 Å². The molecule has 11 nitrogen and oxygen atoms in total. The summed E-state index contributed by atoms with van der Waals surface area (Å²) < 4.78 is 29.5. The van der Waals surface area contributed by atoms with Gasteiger partial charge in [0, 0.05) is 21.9 Å². The first-order valence-corrected chi connectivity index (χ1v) is 13.3.